The van der Waals surface area contributed by atoms with Gasteiger partial charge >= 0.3 is 5.97 Å². The first-order valence-electron chi connectivity index (χ1n) is 12.7. The highest BCUT2D eigenvalue weighted by Crippen LogP contribution is 2.56. The third-order valence-corrected chi connectivity index (χ3v) is 8.37. The minimum absolute atomic E-state index is 0.0567. The first-order chi connectivity index (χ1) is 15.8. The van der Waals surface area contributed by atoms with Gasteiger partial charge in [-0.25, -0.2) is 0 Å². The van der Waals surface area contributed by atoms with Crippen LogP contribution in [0.1, 0.15) is 73.6 Å². The largest absolute Gasteiger partial charge is 0.454 e. The van der Waals surface area contributed by atoms with Gasteiger partial charge in [-0.1, -0.05) is 37.6 Å². The molecule has 0 amide bonds. The summed E-state index contributed by atoms with van der Waals surface area (Å²) in [5.74, 6) is 0.811. The molecule has 2 saturated carbocycles. The molecule has 0 aromatic heterocycles. The van der Waals surface area contributed by atoms with Crippen LogP contribution in [0.3, 0.4) is 0 Å². The second-order valence-electron chi connectivity index (χ2n) is 11.5. The summed E-state index contributed by atoms with van der Waals surface area (Å²) in [5.41, 5.74) is 0.598. The highest BCUT2D eigenvalue weighted by Gasteiger charge is 2.52. The monoisotopic (exact) mass is 480 g/mol. The second kappa shape index (κ2) is 10.8. The van der Waals surface area contributed by atoms with Gasteiger partial charge in [0.25, 0.3) is 0 Å². The van der Waals surface area contributed by atoms with Crippen LogP contribution < -0.4 is 0 Å². The lowest BCUT2D eigenvalue weighted by atomic mass is 9.52. The minimum atomic E-state index is -1.24. The number of allylic oxidation sites excluding steroid dienone is 3. The Hall–Kier alpha value is -1.25. The number of rotatable bonds is 6. The number of esters is 1. The van der Waals surface area contributed by atoms with Gasteiger partial charge in [0.2, 0.25) is 0 Å². The lowest BCUT2D eigenvalue weighted by Gasteiger charge is -2.55. The average molecular weight is 481 g/mol. The maximum atomic E-state index is 11.6. The van der Waals surface area contributed by atoms with E-state index in [0.717, 1.165) is 32.1 Å². The van der Waals surface area contributed by atoms with Crippen LogP contribution in [0.25, 0.3) is 0 Å². The van der Waals surface area contributed by atoms with Crippen LogP contribution in [0.5, 0.6) is 0 Å². The van der Waals surface area contributed by atoms with Crippen LogP contribution in [-0.4, -0.2) is 64.2 Å². The molecule has 0 bridgehead atoms. The van der Waals surface area contributed by atoms with Crippen LogP contribution in [0.15, 0.2) is 23.8 Å². The van der Waals surface area contributed by atoms with Crippen LogP contribution in [-0.2, 0) is 19.0 Å². The Morgan fingerprint density at radius 1 is 1.15 bits per heavy atom. The molecule has 7 heteroatoms. The Morgan fingerprint density at radius 2 is 1.85 bits per heavy atom. The maximum Gasteiger partial charge on any atom is 0.303 e. The molecule has 9 atom stereocenters. The van der Waals surface area contributed by atoms with Crippen molar-refractivity contribution >= 4 is 5.97 Å². The summed E-state index contributed by atoms with van der Waals surface area (Å²) in [5, 5.41) is 30.3. The predicted molar refractivity (Wildman–Crippen MR) is 129 cm³/mol. The molecular weight excluding hydrogens is 436 g/mol. The van der Waals surface area contributed by atoms with E-state index >= 15 is 0 Å². The van der Waals surface area contributed by atoms with E-state index in [4.69, 9.17) is 14.2 Å². The van der Waals surface area contributed by atoms with E-state index < -0.39 is 36.2 Å². The molecule has 0 aromatic carbocycles. The molecule has 3 aliphatic rings. The van der Waals surface area contributed by atoms with Crippen molar-refractivity contribution in [2.24, 2.45) is 23.2 Å². The van der Waals surface area contributed by atoms with Gasteiger partial charge in [0, 0.05) is 6.92 Å². The Labute approximate surface area is 204 Å². The number of hydrogen-bond donors (Lipinski definition) is 3. The van der Waals surface area contributed by atoms with Gasteiger partial charge in [-0.05, 0) is 76.0 Å². The molecule has 7 nitrogen and oxygen atoms in total. The standard InChI is InChI=1S/C27H44O7/c1-16(8-7-13-26(4,5)31)19-10-11-20-22(12-9-17(2)27(20,6)14-19)34-25-24(33-18(3)28)23(30)21(29)15-32-25/h7-8,13,17,19-25,29-31H,9-12,14-15H2,1-6H3/b13-7+,16-8+/t17-,19-,20+,21-,22+,23-,24+,25+,27+/m1/s1. The van der Waals surface area contributed by atoms with E-state index in [2.05, 4.69) is 26.8 Å². The van der Waals surface area contributed by atoms with Crippen LogP contribution in [0.2, 0.25) is 0 Å². The summed E-state index contributed by atoms with van der Waals surface area (Å²) in [6.07, 6.45) is 6.60. The average Bonchev–Trinajstić information content (AvgIpc) is 2.74. The molecular formula is C27H44O7. The lowest BCUT2D eigenvalue weighted by molar-refractivity contribution is -0.300. The highest BCUT2D eigenvalue weighted by atomic mass is 16.7. The molecule has 3 N–H and O–H groups in total. The SMILES string of the molecule is CC(=O)O[C@@H]1[C@H](O[C@H]2CC[C@@H](C)[C@]3(C)C[C@H](/C(C)=C/C=C/C(C)(C)O)CC[C@@H]23)OC[C@@H](O)[C@H]1O. The fourth-order valence-corrected chi connectivity index (χ4v) is 6.11. The molecule has 0 unspecified atom stereocenters. The summed E-state index contributed by atoms with van der Waals surface area (Å²) in [6.45, 7) is 11.6. The summed E-state index contributed by atoms with van der Waals surface area (Å²) >= 11 is 0. The molecule has 3 fully saturated rings. The van der Waals surface area contributed by atoms with Crippen LogP contribution in [0.4, 0.5) is 0 Å². The van der Waals surface area contributed by atoms with E-state index in [1.165, 1.54) is 12.5 Å². The van der Waals surface area contributed by atoms with Crippen molar-refractivity contribution in [2.75, 3.05) is 6.61 Å². The van der Waals surface area contributed by atoms with Gasteiger partial charge in [-0.15, -0.1) is 0 Å². The Bertz CT molecular complexity index is 769. The molecule has 194 valence electrons. The van der Waals surface area contributed by atoms with E-state index in [-0.39, 0.29) is 18.1 Å². The fourth-order valence-electron chi connectivity index (χ4n) is 6.11. The zero-order valence-electron chi connectivity index (χ0n) is 21.6. The van der Waals surface area contributed by atoms with Gasteiger partial charge in [-0.2, -0.15) is 0 Å². The van der Waals surface area contributed by atoms with E-state index in [0.29, 0.717) is 17.8 Å². The van der Waals surface area contributed by atoms with Gasteiger partial charge in [-0.3, -0.25) is 4.79 Å². The first kappa shape index (κ1) is 27.3. The zero-order valence-corrected chi connectivity index (χ0v) is 21.6. The van der Waals surface area contributed by atoms with Gasteiger partial charge in [0.15, 0.2) is 12.4 Å². The lowest BCUT2D eigenvalue weighted by Crippen LogP contribution is -2.58. The summed E-state index contributed by atoms with van der Waals surface area (Å²) in [4.78, 5) is 11.6. The number of hydrogen-bond acceptors (Lipinski definition) is 7. The number of carbonyl (C=O) groups excluding carboxylic acids is 1. The third-order valence-electron chi connectivity index (χ3n) is 8.37. The minimum Gasteiger partial charge on any atom is -0.454 e. The quantitative estimate of drug-likeness (QED) is 0.395. The molecule has 34 heavy (non-hydrogen) atoms. The molecule has 1 aliphatic heterocycles. The summed E-state index contributed by atoms with van der Waals surface area (Å²) in [7, 11) is 0. The van der Waals surface area contributed by atoms with E-state index in [1.54, 1.807) is 13.8 Å². The molecule has 1 saturated heterocycles. The van der Waals surface area contributed by atoms with Crippen LogP contribution >= 0.6 is 0 Å². The number of aliphatic hydroxyl groups excluding tert-OH is 2. The molecule has 2 aliphatic carbocycles. The highest BCUT2D eigenvalue weighted by molar-refractivity contribution is 5.66. The molecule has 0 spiro atoms. The predicted octanol–water partition coefficient (Wildman–Crippen LogP) is 3.51. The zero-order chi connectivity index (χ0) is 25.3. The van der Waals surface area contributed by atoms with Crippen molar-refractivity contribution in [1.29, 1.82) is 0 Å². The number of carbonyl (C=O) groups is 1. The summed E-state index contributed by atoms with van der Waals surface area (Å²) < 4.78 is 17.4. The Kier molecular flexibility index (Phi) is 8.68. The van der Waals surface area contributed by atoms with Crippen molar-refractivity contribution in [3.8, 4) is 0 Å². The topological polar surface area (TPSA) is 105 Å². The van der Waals surface area contributed by atoms with Crippen molar-refractivity contribution in [2.45, 2.75) is 110 Å². The molecule has 0 radical (unpaired) electrons. The number of fused-ring (bicyclic) bond motifs is 1. The summed E-state index contributed by atoms with van der Waals surface area (Å²) in [6, 6.07) is 0. The smallest absolute Gasteiger partial charge is 0.303 e. The van der Waals surface area contributed by atoms with Crippen LogP contribution in [0, 0.1) is 23.2 Å². The fraction of sp³-hybridized carbons (Fsp3) is 0.815. The number of aliphatic hydroxyl groups is 3. The maximum absolute atomic E-state index is 11.6. The van der Waals surface area contributed by atoms with Gasteiger partial charge in [0.05, 0.1) is 18.3 Å². The van der Waals surface area contributed by atoms with Crippen molar-refractivity contribution < 1.29 is 34.3 Å². The number of ether oxygens (including phenoxy) is 3. The van der Waals surface area contributed by atoms with E-state index in [9.17, 15) is 20.1 Å². The van der Waals surface area contributed by atoms with Crippen molar-refractivity contribution in [1.82, 2.24) is 0 Å². The molecule has 0 aromatic rings. The van der Waals surface area contributed by atoms with Gasteiger partial charge < -0.3 is 29.5 Å². The van der Waals surface area contributed by atoms with Crippen molar-refractivity contribution in [3.63, 3.8) is 0 Å². The van der Waals surface area contributed by atoms with E-state index in [1.807, 2.05) is 12.2 Å². The molecule has 1 heterocycles. The third kappa shape index (κ3) is 6.30. The Balaban J connectivity index is 1.73. The second-order valence-corrected chi connectivity index (χ2v) is 11.5. The normalized spacial score (nSPS) is 41.9. The Morgan fingerprint density at radius 3 is 2.50 bits per heavy atom. The molecule has 3 rings (SSSR count). The van der Waals surface area contributed by atoms with Crippen molar-refractivity contribution in [3.05, 3.63) is 23.8 Å². The van der Waals surface area contributed by atoms with Gasteiger partial charge in [0.1, 0.15) is 12.2 Å². The first-order valence-corrected chi connectivity index (χ1v) is 12.7.